The van der Waals surface area contributed by atoms with Gasteiger partial charge in [-0.05, 0) is 11.6 Å². The number of benzene rings is 5. The summed E-state index contributed by atoms with van der Waals surface area (Å²) in [4.78, 5) is 29.4. The third-order valence-electron chi connectivity index (χ3n) is 8.43. The smallest absolute Gasteiger partial charge is 0.229 e. The maximum absolute atomic E-state index is 6.39. The first-order valence-corrected chi connectivity index (χ1v) is 16.0. The van der Waals surface area contributed by atoms with Gasteiger partial charge in [0.1, 0.15) is 11.2 Å². The van der Waals surface area contributed by atoms with Crippen molar-refractivity contribution in [1.29, 1.82) is 0 Å². The minimum Gasteiger partial charge on any atom is -0.434 e. The quantitative estimate of drug-likeness (QED) is 0.181. The van der Waals surface area contributed by atoms with Crippen molar-refractivity contribution >= 4 is 22.2 Å². The molecule has 9 rings (SSSR count). The van der Waals surface area contributed by atoms with Gasteiger partial charge in [-0.15, -0.1) is 0 Å². The van der Waals surface area contributed by atoms with Crippen LogP contribution in [0.3, 0.4) is 0 Å². The van der Waals surface area contributed by atoms with Crippen LogP contribution in [0.2, 0.25) is 0 Å². The van der Waals surface area contributed by atoms with Crippen LogP contribution in [0.15, 0.2) is 162 Å². The van der Waals surface area contributed by atoms with Gasteiger partial charge in [-0.1, -0.05) is 146 Å². The van der Waals surface area contributed by atoms with Crippen molar-refractivity contribution in [1.82, 2.24) is 29.9 Å². The molecule has 0 atom stereocenters. The molecule has 0 radical (unpaired) electrons. The maximum atomic E-state index is 6.39. The van der Waals surface area contributed by atoms with Gasteiger partial charge in [-0.25, -0.2) is 29.9 Å². The van der Waals surface area contributed by atoms with Crippen molar-refractivity contribution in [2.75, 3.05) is 0 Å². The molecule has 0 unspecified atom stereocenters. The molecule has 0 saturated heterocycles. The first kappa shape index (κ1) is 28.4. The Morgan fingerprint density at radius 2 is 0.796 bits per heavy atom. The number of hydrogen-bond acceptors (Lipinski definition) is 7. The Kier molecular flexibility index (Phi) is 6.98. The van der Waals surface area contributed by atoms with Crippen molar-refractivity contribution in [3.8, 4) is 67.9 Å². The number of hydrogen-bond donors (Lipinski definition) is 0. The third-order valence-corrected chi connectivity index (χ3v) is 8.43. The lowest BCUT2D eigenvalue weighted by Gasteiger charge is -2.09. The van der Waals surface area contributed by atoms with Gasteiger partial charge < -0.3 is 4.42 Å². The van der Waals surface area contributed by atoms with Crippen molar-refractivity contribution in [3.63, 3.8) is 0 Å². The van der Waals surface area contributed by atoms with Crippen LogP contribution in [0.25, 0.3) is 90.1 Å². The molecule has 0 aliphatic heterocycles. The molecule has 0 aliphatic carbocycles. The average molecular weight is 631 g/mol. The van der Waals surface area contributed by atoms with Crippen LogP contribution in [0.5, 0.6) is 0 Å². The van der Waals surface area contributed by atoms with E-state index >= 15 is 0 Å². The Labute approximate surface area is 281 Å². The summed E-state index contributed by atoms with van der Waals surface area (Å²) in [6.07, 6.45) is 1.84. The van der Waals surface area contributed by atoms with E-state index in [0.29, 0.717) is 45.8 Å². The summed E-state index contributed by atoms with van der Waals surface area (Å²) < 4.78 is 6.39. The summed E-state index contributed by atoms with van der Waals surface area (Å²) in [5.74, 6) is 2.42. The molecule has 230 valence electrons. The van der Waals surface area contributed by atoms with Gasteiger partial charge in [0.15, 0.2) is 28.9 Å². The van der Waals surface area contributed by atoms with Crippen LogP contribution in [-0.4, -0.2) is 29.9 Å². The summed E-state index contributed by atoms with van der Waals surface area (Å²) in [5, 5.41) is 0.834. The van der Waals surface area contributed by atoms with E-state index in [9.17, 15) is 0 Å². The number of aromatic nitrogens is 6. The largest absolute Gasteiger partial charge is 0.434 e. The molecule has 9 aromatic rings. The topological polar surface area (TPSA) is 90.5 Å². The number of pyridine rings is 1. The van der Waals surface area contributed by atoms with Crippen molar-refractivity contribution in [2.24, 2.45) is 0 Å². The molecule has 0 bridgehead atoms. The first-order chi connectivity index (χ1) is 24.3. The van der Waals surface area contributed by atoms with Gasteiger partial charge in [0.2, 0.25) is 5.71 Å². The van der Waals surface area contributed by atoms with Gasteiger partial charge in [-0.3, -0.25) is 0 Å². The fourth-order valence-electron chi connectivity index (χ4n) is 5.94. The van der Waals surface area contributed by atoms with Gasteiger partial charge in [-0.2, -0.15) is 0 Å². The van der Waals surface area contributed by atoms with E-state index in [4.69, 9.17) is 34.3 Å². The highest BCUT2D eigenvalue weighted by atomic mass is 16.3. The molecule has 4 aromatic heterocycles. The van der Waals surface area contributed by atoms with Crippen LogP contribution in [0.1, 0.15) is 0 Å². The van der Waals surface area contributed by atoms with E-state index < -0.39 is 0 Å². The zero-order valence-electron chi connectivity index (χ0n) is 26.1. The van der Waals surface area contributed by atoms with Gasteiger partial charge in [0.25, 0.3) is 0 Å². The molecular weight excluding hydrogens is 605 g/mol. The number of nitrogens with zero attached hydrogens (tertiary/aromatic N) is 6. The first-order valence-electron chi connectivity index (χ1n) is 16.0. The molecule has 0 spiro atoms. The lowest BCUT2D eigenvalue weighted by molar-refractivity contribution is 0.653. The summed E-state index contributed by atoms with van der Waals surface area (Å²) in [6.45, 7) is 0. The zero-order valence-corrected chi connectivity index (χ0v) is 26.1. The van der Waals surface area contributed by atoms with Crippen LogP contribution in [-0.2, 0) is 0 Å². The van der Waals surface area contributed by atoms with E-state index in [1.54, 1.807) is 0 Å². The third kappa shape index (κ3) is 5.39. The molecule has 4 heterocycles. The van der Waals surface area contributed by atoms with E-state index in [-0.39, 0.29) is 0 Å². The second-order valence-corrected chi connectivity index (χ2v) is 11.6. The molecule has 0 aliphatic rings. The Morgan fingerprint density at radius 1 is 0.367 bits per heavy atom. The van der Waals surface area contributed by atoms with Gasteiger partial charge in [0, 0.05) is 39.6 Å². The van der Waals surface area contributed by atoms with Crippen LogP contribution in [0, 0.1) is 0 Å². The second-order valence-electron chi connectivity index (χ2n) is 11.6. The highest BCUT2D eigenvalue weighted by Crippen LogP contribution is 2.37. The van der Waals surface area contributed by atoms with Gasteiger partial charge in [0.05, 0.1) is 5.39 Å². The number of furan rings is 1. The number of fused-ring (bicyclic) bond motifs is 3. The van der Waals surface area contributed by atoms with Gasteiger partial charge >= 0.3 is 0 Å². The Balaban J connectivity index is 1.19. The highest BCUT2D eigenvalue weighted by Gasteiger charge is 2.20. The highest BCUT2D eigenvalue weighted by molar-refractivity contribution is 6.07. The van der Waals surface area contributed by atoms with E-state index in [0.717, 1.165) is 44.3 Å². The predicted molar refractivity (Wildman–Crippen MR) is 193 cm³/mol. The normalized spacial score (nSPS) is 11.3. The van der Waals surface area contributed by atoms with Crippen molar-refractivity contribution < 1.29 is 4.42 Å². The van der Waals surface area contributed by atoms with E-state index in [1.807, 2.05) is 140 Å². The fourth-order valence-corrected chi connectivity index (χ4v) is 5.94. The van der Waals surface area contributed by atoms with E-state index in [1.165, 1.54) is 0 Å². The standard InChI is InChI=1S/C42H26N6O/c1-5-13-27(14-6-1)33-25-34-36-37(49-42(34)43-26-33)35(44-38(45-36)29-15-7-2-8-16-29)28-21-23-32(24-22-28)41-47-39(30-17-9-3-10-18-30)46-40(48-41)31-19-11-4-12-20-31/h1-26H. The van der Waals surface area contributed by atoms with Crippen LogP contribution in [0.4, 0.5) is 0 Å². The molecule has 0 saturated carbocycles. The SMILES string of the molecule is c1ccc(-c2cnc3oc4c(-c5ccc(-c6nc(-c7ccccc7)nc(-c7ccccc7)n6)cc5)nc(-c5ccccc5)nc4c3c2)cc1. The molecule has 49 heavy (non-hydrogen) atoms. The Hall–Kier alpha value is -6.86. The predicted octanol–water partition coefficient (Wildman–Crippen LogP) is 9.96. The molecule has 7 heteroatoms. The summed E-state index contributed by atoms with van der Waals surface area (Å²) >= 11 is 0. The van der Waals surface area contributed by atoms with Crippen LogP contribution >= 0.6 is 0 Å². The minimum atomic E-state index is 0.513. The van der Waals surface area contributed by atoms with Crippen LogP contribution < -0.4 is 0 Å². The zero-order chi connectivity index (χ0) is 32.6. The maximum Gasteiger partial charge on any atom is 0.229 e. The van der Waals surface area contributed by atoms with E-state index in [2.05, 4.69) is 18.2 Å². The molecule has 0 N–H and O–H groups in total. The molecular formula is C42H26N6O. The lowest BCUT2D eigenvalue weighted by Crippen LogP contribution is -2.00. The summed E-state index contributed by atoms with van der Waals surface area (Å²) in [7, 11) is 0. The van der Waals surface area contributed by atoms with Crippen molar-refractivity contribution in [3.05, 3.63) is 158 Å². The molecule has 5 aromatic carbocycles. The Morgan fingerprint density at radius 3 is 1.31 bits per heavy atom. The lowest BCUT2D eigenvalue weighted by atomic mass is 10.1. The average Bonchev–Trinajstić information content (AvgIpc) is 3.57. The fraction of sp³-hybridized carbons (Fsp3) is 0. The Bertz CT molecular complexity index is 2510. The monoisotopic (exact) mass is 630 g/mol. The molecule has 0 amide bonds. The second kappa shape index (κ2) is 12.1. The summed E-state index contributed by atoms with van der Waals surface area (Å²) in [6, 6.07) is 50.3. The minimum absolute atomic E-state index is 0.513. The molecule has 7 nitrogen and oxygen atoms in total. The number of rotatable bonds is 6. The molecule has 0 fully saturated rings. The summed E-state index contributed by atoms with van der Waals surface area (Å²) in [5.41, 5.74) is 9.03. The van der Waals surface area contributed by atoms with Crippen molar-refractivity contribution in [2.45, 2.75) is 0 Å².